The maximum atomic E-state index is 15.1. The van der Waals surface area contributed by atoms with Crippen molar-refractivity contribution < 1.29 is 19.0 Å². The minimum atomic E-state index is -1.29. The highest BCUT2D eigenvalue weighted by molar-refractivity contribution is 5.70. The molecule has 0 aliphatic carbocycles. The van der Waals surface area contributed by atoms with Crippen LogP contribution in [0.1, 0.15) is 37.3 Å². The Balaban J connectivity index is 2.05. The Kier molecular flexibility index (Phi) is 7.78. The van der Waals surface area contributed by atoms with E-state index in [9.17, 15) is 5.11 Å². The van der Waals surface area contributed by atoms with Crippen LogP contribution in [0.15, 0.2) is 42.5 Å². The fourth-order valence-electron chi connectivity index (χ4n) is 4.11. The lowest BCUT2D eigenvalue weighted by Gasteiger charge is -2.40. The van der Waals surface area contributed by atoms with Gasteiger partial charge >= 0.3 is 0 Å². The number of rotatable bonds is 9. The zero-order chi connectivity index (χ0) is 20.7. The summed E-state index contributed by atoms with van der Waals surface area (Å²) in [6, 6.07) is 12.9. The third-order valence-electron chi connectivity index (χ3n) is 5.72. The van der Waals surface area contributed by atoms with Crippen LogP contribution in [0, 0.1) is 5.82 Å². The lowest BCUT2D eigenvalue weighted by atomic mass is 9.79. The van der Waals surface area contributed by atoms with Crippen molar-refractivity contribution in [2.75, 3.05) is 33.4 Å². The van der Waals surface area contributed by atoms with Gasteiger partial charge < -0.3 is 19.9 Å². The van der Waals surface area contributed by atoms with Gasteiger partial charge in [0.15, 0.2) is 0 Å². The number of hydrogen-bond donors (Lipinski definition) is 2. The van der Waals surface area contributed by atoms with Crippen molar-refractivity contribution in [1.82, 2.24) is 5.32 Å². The first-order valence-electron chi connectivity index (χ1n) is 10.5. The average Bonchev–Trinajstić information content (AvgIpc) is 2.77. The first-order chi connectivity index (χ1) is 14.1. The molecule has 2 atom stereocenters. The van der Waals surface area contributed by atoms with E-state index in [1.807, 2.05) is 30.3 Å². The van der Waals surface area contributed by atoms with E-state index in [1.165, 1.54) is 6.07 Å². The molecule has 0 bridgehead atoms. The molecule has 0 saturated carbocycles. The number of ether oxygens (including phenoxy) is 2. The van der Waals surface area contributed by atoms with Gasteiger partial charge in [-0.2, -0.15) is 0 Å². The predicted molar refractivity (Wildman–Crippen MR) is 113 cm³/mol. The highest BCUT2D eigenvalue weighted by Gasteiger charge is 2.42. The van der Waals surface area contributed by atoms with Crippen LogP contribution in [0.5, 0.6) is 0 Å². The normalized spacial score (nSPS) is 19.1. The molecule has 0 amide bonds. The SMILES string of the molecule is CCc1cccc(-c2c(F)cccc2[C@](O)(CCCCOC)[C@H]2CNCCO2)c1. The fourth-order valence-corrected chi connectivity index (χ4v) is 4.11. The molecule has 29 heavy (non-hydrogen) atoms. The molecule has 1 aliphatic heterocycles. The highest BCUT2D eigenvalue weighted by Crippen LogP contribution is 2.40. The van der Waals surface area contributed by atoms with Gasteiger partial charge in [-0.3, -0.25) is 0 Å². The summed E-state index contributed by atoms with van der Waals surface area (Å²) in [4.78, 5) is 0. The van der Waals surface area contributed by atoms with Crippen LogP contribution < -0.4 is 5.32 Å². The van der Waals surface area contributed by atoms with E-state index < -0.39 is 11.7 Å². The predicted octanol–water partition coefficient (Wildman–Crippen LogP) is 4.05. The van der Waals surface area contributed by atoms with Gasteiger partial charge in [-0.05, 0) is 48.4 Å². The summed E-state index contributed by atoms with van der Waals surface area (Å²) < 4.78 is 26.2. The third-order valence-corrected chi connectivity index (χ3v) is 5.72. The number of unbranched alkanes of at least 4 members (excludes halogenated alkanes) is 1. The van der Waals surface area contributed by atoms with Crippen LogP contribution in [-0.2, 0) is 21.5 Å². The van der Waals surface area contributed by atoms with Gasteiger partial charge in [-0.25, -0.2) is 4.39 Å². The molecule has 4 nitrogen and oxygen atoms in total. The molecule has 1 fully saturated rings. The molecule has 1 saturated heterocycles. The monoisotopic (exact) mass is 401 g/mol. The van der Waals surface area contributed by atoms with E-state index >= 15 is 4.39 Å². The van der Waals surface area contributed by atoms with Crippen molar-refractivity contribution in [3.05, 3.63) is 59.4 Å². The molecule has 0 aromatic heterocycles. The Hall–Kier alpha value is -1.79. The van der Waals surface area contributed by atoms with E-state index in [0.29, 0.717) is 37.3 Å². The van der Waals surface area contributed by atoms with E-state index in [2.05, 4.69) is 12.2 Å². The fraction of sp³-hybridized carbons (Fsp3) is 0.500. The number of nitrogens with one attached hydrogen (secondary N) is 1. The molecule has 2 aromatic carbocycles. The highest BCUT2D eigenvalue weighted by atomic mass is 19.1. The maximum absolute atomic E-state index is 15.1. The number of benzene rings is 2. The molecule has 2 aromatic rings. The van der Waals surface area contributed by atoms with Crippen molar-refractivity contribution in [2.24, 2.45) is 0 Å². The van der Waals surface area contributed by atoms with Crippen LogP contribution in [0.3, 0.4) is 0 Å². The first kappa shape index (κ1) is 21.9. The van der Waals surface area contributed by atoms with Crippen molar-refractivity contribution in [2.45, 2.75) is 44.3 Å². The van der Waals surface area contributed by atoms with Crippen LogP contribution in [0.4, 0.5) is 4.39 Å². The van der Waals surface area contributed by atoms with Gasteiger partial charge in [0.2, 0.25) is 0 Å². The second-order valence-electron chi connectivity index (χ2n) is 7.65. The zero-order valence-electron chi connectivity index (χ0n) is 17.4. The molecule has 2 N–H and O–H groups in total. The number of halogens is 1. The number of methoxy groups -OCH3 is 1. The molecule has 3 rings (SSSR count). The van der Waals surface area contributed by atoms with E-state index in [4.69, 9.17) is 9.47 Å². The first-order valence-corrected chi connectivity index (χ1v) is 10.5. The van der Waals surface area contributed by atoms with E-state index in [0.717, 1.165) is 36.9 Å². The standard InChI is InChI=1S/C24H32FNO3/c1-3-18-8-6-9-19(16-18)23-20(10-7-11-21(23)25)24(27,12-4-5-14-28-2)22-17-26-13-15-29-22/h6-11,16,22,26-27H,3-5,12-15,17H2,1-2H3/t22-,24-/m1/s1. The molecule has 5 heteroatoms. The average molecular weight is 402 g/mol. The summed E-state index contributed by atoms with van der Waals surface area (Å²) >= 11 is 0. The second-order valence-corrected chi connectivity index (χ2v) is 7.65. The van der Waals surface area contributed by atoms with Crippen LogP contribution in [0.2, 0.25) is 0 Å². The second kappa shape index (κ2) is 10.3. The topological polar surface area (TPSA) is 50.7 Å². The zero-order valence-corrected chi connectivity index (χ0v) is 17.4. The van der Waals surface area contributed by atoms with Gasteiger partial charge in [0.1, 0.15) is 17.5 Å². The Bertz CT molecular complexity index is 791. The lowest BCUT2D eigenvalue weighted by molar-refractivity contribution is -0.129. The van der Waals surface area contributed by atoms with Gasteiger partial charge in [0, 0.05) is 32.4 Å². The van der Waals surface area contributed by atoms with Crippen molar-refractivity contribution in [3.8, 4) is 11.1 Å². The molecule has 1 heterocycles. The summed E-state index contributed by atoms with van der Waals surface area (Å²) in [6.45, 7) is 4.53. The van der Waals surface area contributed by atoms with Crippen LogP contribution >= 0.6 is 0 Å². The molecule has 1 aliphatic rings. The molecule has 0 spiro atoms. The number of morpholine rings is 1. The number of hydrogen-bond acceptors (Lipinski definition) is 4. The quantitative estimate of drug-likeness (QED) is 0.623. The summed E-state index contributed by atoms with van der Waals surface area (Å²) in [6.07, 6.45) is 2.50. The molecular formula is C24H32FNO3. The molecule has 158 valence electrons. The van der Waals surface area contributed by atoms with Gasteiger partial charge in [-0.15, -0.1) is 0 Å². The Morgan fingerprint density at radius 3 is 2.79 bits per heavy atom. The smallest absolute Gasteiger partial charge is 0.131 e. The summed E-state index contributed by atoms with van der Waals surface area (Å²) in [7, 11) is 1.67. The van der Waals surface area contributed by atoms with Gasteiger partial charge in [0.25, 0.3) is 0 Å². The Morgan fingerprint density at radius 1 is 1.24 bits per heavy atom. The summed E-state index contributed by atoms with van der Waals surface area (Å²) in [5.74, 6) is -0.324. The lowest BCUT2D eigenvalue weighted by Crippen LogP contribution is -2.51. The molecule has 0 radical (unpaired) electrons. The van der Waals surface area contributed by atoms with Crippen molar-refractivity contribution in [1.29, 1.82) is 0 Å². The van der Waals surface area contributed by atoms with Gasteiger partial charge in [0.05, 0.1) is 6.61 Å². The van der Waals surface area contributed by atoms with Crippen LogP contribution in [0.25, 0.3) is 11.1 Å². The minimum absolute atomic E-state index is 0.324. The van der Waals surface area contributed by atoms with Gasteiger partial charge in [-0.1, -0.05) is 43.3 Å². The molecule has 0 unspecified atom stereocenters. The maximum Gasteiger partial charge on any atom is 0.131 e. The van der Waals surface area contributed by atoms with Crippen molar-refractivity contribution >= 4 is 0 Å². The molecular weight excluding hydrogens is 369 g/mol. The van der Waals surface area contributed by atoms with Crippen LogP contribution in [-0.4, -0.2) is 44.6 Å². The Morgan fingerprint density at radius 2 is 2.07 bits per heavy atom. The van der Waals surface area contributed by atoms with E-state index in [-0.39, 0.29) is 5.82 Å². The van der Waals surface area contributed by atoms with Crippen molar-refractivity contribution in [3.63, 3.8) is 0 Å². The summed E-state index contributed by atoms with van der Waals surface area (Å²) in [5.41, 5.74) is 1.69. The number of aliphatic hydroxyl groups is 1. The number of aryl methyl sites for hydroxylation is 1. The summed E-state index contributed by atoms with van der Waals surface area (Å²) in [5, 5.41) is 15.2. The van der Waals surface area contributed by atoms with E-state index in [1.54, 1.807) is 13.2 Å². The largest absolute Gasteiger partial charge is 0.385 e. The Labute approximate surface area is 173 Å². The third kappa shape index (κ3) is 5.04. The minimum Gasteiger partial charge on any atom is -0.385 e.